The lowest BCUT2D eigenvalue weighted by atomic mass is 10.1. The minimum atomic E-state index is -0.0495. The summed E-state index contributed by atoms with van der Waals surface area (Å²) in [5, 5.41) is 18.2. The standard InChI is InChI=1S/C21H19N5OS2/c1-14-10-15(2)12-16(11-14)25(9-5-8-22)19(27)13-28-20-23-24-21-26(20)17-6-3-4-7-18(17)29-21/h3-4,6-7,10-12H,5,9,13H2,1-2H3. The second-order valence-electron chi connectivity index (χ2n) is 6.76. The van der Waals surface area contributed by atoms with Gasteiger partial charge in [-0.2, -0.15) is 5.26 Å². The number of thiazole rings is 1. The first-order valence-corrected chi connectivity index (χ1v) is 11.0. The van der Waals surface area contributed by atoms with Crippen molar-refractivity contribution < 1.29 is 4.79 Å². The van der Waals surface area contributed by atoms with Gasteiger partial charge in [-0.25, -0.2) is 0 Å². The molecule has 1 amide bonds. The molecule has 2 aromatic carbocycles. The lowest BCUT2D eigenvalue weighted by Crippen LogP contribution is -2.33. The molecule has 2 heterocycles. The second-order valence-corrected chi connectivity index (χ2v) is 8.71. The third-order valence-electron chi connectivity index (χ3n) is 4.50. The molecule has 4 aromatic rings. The number of anilines is 1. The summed E-state index contributed by atoms with van der Waals surface area (Å²) in [6.45, 7) is 4.38. The summed E-state index contributed by atoms with van der Waals surface area (Å²) >= 11 is 2.95. The monoisotopic (exact) mass is 421 g/mol. The van der Waals surface area contributed by atoms with Gasteiger partial charge in [0.05, 0.1) is 28.5 Å². The number of carbonyl (C=O) groups excluding carboxylic acids is 1. The Kier molecular flexibility index (Phi) is 5.51. The van der Waals surface area contributed by atoms with Gasteiger partial charge in [0, 0.05) is 12.2 Å². The summed E-state index contributed by atoms with van der Waals surface area (Å²) in [5.74, 6) is 0.176. The number of benzene rings is 2. The van der Waals surface area contributed by atoms with E-state index in [-0.39, 0.29) is 18.1 Å². The van der Waals surface area contributed by atoms with Gasteiger partial charge in [0.15, 0.2) is 5.16 Å². The van der Waals surface area contributed by atoms with Crippen LogP contribution < -0.4 is 4.90 Å². The van der Waals surface area contributed by atoms with Crippen molar-refractivity contribution >= 4 is 49.9 Å². The van der Waals surface area contributed by atoms with E-state index in [9.17, 15) is 4.79 Å². The number of aryl methyl sites for hydroxylation is 2. The summed E-state index contributed by atoms with van der Waals surface area (Å²) in [6, 6.07) is 16.2. The predicted octanol–water partition coefficient (Wildman–Crippen LogP) is 4.60. The number of carbonyl (C=O) groups is 1. The minimum absolute atomic E-state index is 0.0495. The molecule has 2 aromatic heterocycles. The molecule has 146 valence electrons. The average molecular weight is 422 g/mol. The molecule has 0 aliphatic carbocycles. The Morgan fingerprint density at radius 2 is 1.97 bits per heavy atom. The van der Waals surface area contributed by atoms with Crippen molar-refractivity contribution in [2.45, 2.75) is 25.4 Å². The van der Waals surface area contributed by atoms with Crippen molar-refractivity contribution in [1.29, 1.82) is 5.26 Å². The summed E-state index contributed by atoms with van der Waals surface area (Å²) in [6.07, 6.45) is 0.285. The SMILES string of the molecule is Cc1cc(C)cc(N(CCC#N)C(=O)CSc2nnc3sc4ccccc4n23)c1. The molecular weight excluding hydrogens is 402 g/mol. The highest BCUT2D eigenvalue weighted by Gasteiger charge is 2.19. The van der Waals surface area contributed by atoms with E-state index in [0.29, 0.717) is 11.7 Å². The minimum Gasteiger partial charge on any atom is -0.311 e. The zero-order chi connectivity index (χ0) is 20.4. The molecule has 0 aliphatic rings. The van der Waals surface area contributed by atoms with Crippen molar-refractivity contribution in [3.63, 3.8) is 0 Å². The lowest BCUT2D eigenvalue weighted by molar-refractivity contribution is -0.116. The van der Waals surface area contributed by atoms with Gasteiger partial charge in [0.1, 0.15) is 0 Å². The number of nitriles is 1. The van der Waals surface area contributed by atoms with Gasteiger partial charge < -0.3 is 4.90 Å². The lowest BCUT2D eigenvalue weighted by Gasteiger charge is -2.22. The summed E-state index contributed by atoms with van der Waals surface area (Å²) in [4.78, 5) is 15.6. The number of hydrogen-bond acceptors (Lipinski definition) is 6. The summed E-state index contributed by atoms with van der Waals surface area (Å²) in [7, 11) is 0. The molecule has 8 heteroatoms. The van der Waals surface area contributed by atoms with E-state index >= 15 is 0 Å². The van der Waals surface area contributed by atoms with Crippen molar-refractivity contribution in [1.82, 2.24) is 14.6 Å². The highest BCUT2D eigenvalue weighted by atomic mass is 32.2. The second kappa shape index (κ2) is 8.23. The fourth-order valence-electron chi connectivity index (χ4n) is 3.32. The number of hydrogen-bond donors (Lipinski definition) is 0. The van der Waals surface area contributed by atoms with Crippen LogP contribution in [-0.2, 0) is 4.79 Å². The topological polar surface area (TPSA) is 74.3 Å². The van der Waals surface area contributed by atoms with E-state index in [1.807, 2.05) is 48.6 Å². The van der Waals surface area contributed by atoms with E-state index in [1.165, 1.54) is 11.8 Å². The molecule has 6 nitrogen and oxygen atoms in total. The molecule has 0 unspecified atom stereocenters. The number of thioether (sulfide) groups is 1. The van der Waals surface area contributed by atoms with Crippen molar-refractivity contribution in [2.75, 3.05) is 17.2 Å². The smallest absolute Gasteiger partial charge is 0.237 e. The van der Waals surface area contributed by atoms with Gasteiger partial charge in [-0.3, -0.25) is 9.20 Å². The quantitative estimate of drug-likeness (QED) is 0.425. The highest BCUT2D eigenvalue weighted by molar-refractivity contribution is 7.99. The summed E-state index contributed by atoms with van der Waals surface area (Å²) in [5.41, 5.74) is 4.05. The molecule has 4 rings (SSSR count). The molecule has 0 N–H and O–H groups in total. The molecule has 0 atom stereocenters. The maximum Gasteiger partial charge on any atom is 0.237 e. The maximum absolute atomic E-state index is 13.0. The highest BCUT2D eigenvalue weighted by Crippen LogP contribution is 2.30. The zero-order valence-corrected chi connectivity index (χ0v) is 17.8. The number of nitrogens with zero attached hydrogens (tertiary/aromatic N) is 5. The molecule has 0 spiro atoms. The van der Waals surface area contributed by atoms with Gasteiger partial charge in [-0.05, 0) is 49.2 Å². The molecule has 0 fully saturated rings. The first-order chi connectivity index (χ1) is 14.1. The molecule has 0 saturated heterocycles. The van der Waals surface area contributed by atoms with Crippen LogP contribution in [0.4, 0.5) is 5.69 Å². The number of aromatic nitrogens is 3. The van der Waals surface area contributed by atoms with E-state index in [0.717, 1.165) is 32.0 Å². The Morgan fingerprint density at radius 3 is 2.72 bits per heavy atom. The molecule has 0 radical (unpaired) electrons. The zero-order valence-electron chi connectivity index (χ0n) is 16.1. The number of fused-ring (bicyclic) bond motifs is 3. The molecule has 0 saturated carbocycles. The van der Waals surface area contributed by atoms with Gasteiger partial charge in [0.25, 0.3) is 0 Å². The van der Waals surface area contributed by atoms with Crippen LogP contribution >= 0.6 is 23.1 Å². The number of para-hydroxylation sites is 1. The van der Waals surface area contributed by atoms with E-state index in [4.69, 9.17) is 5.26 Å². The maximum atomic E-state index is 13.0. The van der Waals surface area contributed by atoms with Crippen LogP contribution in [0.25, 0.3) is 15.2 Å². The largest absolute Gasteiger partial charge is 0.311 e. The van der Waals surface area contributed by atoms with Gasteiger partial charge in [0.2, 0.25) is 10.9 Å². The Morgan fingerprint density at radius 1 is 1.21 bits per heavy atom. The molecule has 0 bridgehead atoms. The molecule has 0 aliphatic heterocycles. The van der Waals surface area contributed by atoms with Crippen LogP contribution in [0.3, 0.4) is 0 Å². The average Bonchev–Trinajstić information content (AvgIpc) is 3.25. The van der Waals surface area contributed by atoms with E-state index < -0.39 is 0 Å². The Balaban J connectivity index is 1.58. The van der Waals surface area contributed by atoms with Gasteiger partial charge >= 0.3 is 0 Å². The van der Waals surface area contributed by atoms with E-state index in [2.05, 4.69) is 28.4 Å². The predicted molar refractivity (Wildman–Crippen MR) is 118 cm³/mol. The number of amides is 1. The van der Waals surface area contributed by atoms with Crippen molar-refractivity contribution in [3.05, 3.63) is 53.6 Å². The third kappa shape index (κ3) is 3.97. The van der Waals surface area contributed by atoms with Crippen LogP contribution in [-0.4, -0.2) is 32.8 Å². The van der Waals surface area contributed by atoms with Gasteiger partial charge in [-0.15, -0.1) is 10.2 Å². The fourth-order valence-corrected chi connectivity index (χ4v) is 5.16. The van der Waals surface area contributed by atoms with Crippen LogP contribution in [0.2, 0.25) is 0 Å². The van der Waals surface area contributed by atoms with E-state index in [1.54, 1.807) is 16.2 Å². The van der Waals surface area contributed by atoms with Crippen molar-refractivity contribution in [2.24, 2.45) is 0 Å². The Labute approximate surface area is 176 Å². The van der Waals surface area contributed by atoms with Crippen LogP contribution in [0.15, 0.2) is 47.6 Å². The van der Waals surface area contributed by atoms with Crippen LogP contribution in [0.5, 0.6) is 0 Å². The fraction of sp³-hybridized carbons (Fsp3) is 0.238. The Bertz CT molecular complexity index is 1220. The van der Waals surface area contributed by atoms with Crippen molar-refractivity contribution in [3.8, 4) is 6.07 Å². The van der Waals surface area contributed by atoms with Crippen LogP contribution in [0.1, 0.15) is 17.5 Å². The number of rotatable bonds is 6. The summed E-state index contributed by atoms with van der Waals surface area (Å²) < 4.78 is 3.13. The molecule has 29 heavy (non-hydrogen) atoms. The van der Waals surface area contributed by atoms with Gasteiger partial charge in [-0.1, -0.05) is 41.3 Å². The first-order valence-electron chi connectivity index (χ1n) is 9.18. The third-order valence-corrected chi connectivity index (χ3v) is 6.43. The Hall–Kier alpha value is -2.89. The van der Waals surface area contributed by atoms with Crippen LogP contribution in [0, 0.1) is 25.2 Å². The molecular formula is C21H19N5OS2. The normalized spacial score (nSPS) is 11.1. The first kappa shape index (κ1) is 19.4.